The van der Waals surface area contributed by atoms with E-state index in [4.69, 9.17) is 23.2 Å². The molecule has 0 spiro atoms. The first-order chi connectivity index (χ1) is 19.4. The van der Waals surface area contributed by atoms with Gasteiger partial charge >= 0.3 is 0 Å². The van der Waals surface area contributed by atoms with Gasteiger partial charge < -0.3 is 5.32 Å². The minimum Gasteiger partial charge on any atom is -0.351 e. The molecular formula is C29H27Cl2F2IN4O3. The average molecular weight is 715 g/mol. The van der Waals surface area contributed by atoms with Crippen LogP contribution in [0.2, 0.25) is 10.2 Å². The molecule has 0 unspecified atom stereocenters. The Kier molecular flexibility index (Phi) is 9.86. The van der Waals surface area contributed by atoms with E-state index in [1.807, 2.05) is 0 Å². The number of benzene rings is 1. The van der Waals surface area contributed by atoms with Gasteiger partial charge in [0.05, 0.1) is 0 Å². The van der Waals surface area contributed by atoms with Crippen molar-refractivity contribution < 1.29 is 23.2 Å². The SMILES string of the molecule is C=C/C=C(F)\C=C(/C)N(C(=O)[C@@H]1CCC(=O)N1c1cccc(Cl)n1)[C@H](C(=O)NC1CC(F)(I)C1)c1ccccc1Cl. The van der Waals surface area contributed by atoms with Crippen LogP contribution in [0.1, 0.15) is 44.2 Å². The minimum absolute atomic E-state index is 0.0468. The van der Waals surface area contributed by atoms with Crippen LogP contribution in [0.25, 0.3) is 0 Å². The van der Waals surface area contributed by atoms with Crippen molar-refractivity contribution in [2.75, 3.05) is 4.90 Å². The summed E-state index contributed by atoms with van der Waals surface area (Å²) < 4.78 is 27.5. The summed E-state index contributed by atoms with van der Waals surface area (Å²) in [5.41, 5.74) is 0.351. The lowest BCUT2D eigenvalue weighted by Gasteiger charge is -2.40. The van der Waals surface area contributed by atoms with Gasteiger partial charge in [0.25, 0.3) is 5.91 Å². The van der Waals surface area contributed by atoms with Crippen molar-refractivity contribution in [1.82, 2.24) is 15.2 Å². The van der Waals surface area contributed by atoms with E-state index >= 15 is 0 Å². The Labute approximate surface area is 260 Å². The van der Waals surface area contributed by atoms with Crippen molar-refractivity contribution in [2.45, 2.75) is 54.4 Å². The third-order valence-corrected chi connectivity index (χ3v) is 8.26. The highest BCUT2D eigenvalue weighted by Gasteiger charge is 2.47. The van der Waals surface area contributed by atoms with Gasteiger partial charge in [-0.1, -0.05) is 60.1 Å². The fraction of sp³-hybridized carbons (Fsp3) is 0.310. The number of alkyl halides is 2. The molecular weight excluding hydrogens is 688 g/mol. The van der Waals surface area contributed by atoms with Gasteiger partial charge in [0, 0.05) is 41.6 Å². The first kappa shape index (κ1) is 31.1. The van der Waals surface area contributed by atoms with Crippen molar-refractivity contribution in [3.63, 3.8) is 0 Å². The molecule has 2 atom stereocenters. The molecule has 3 amide bonds. The van der Waals surface area contributed by atoms with Gasteiger partial charge in [-0.15, -0.1) is 0 Å². The zero-order valence-corrected chi connectivity index (χ0v) is 25.7. The van der Waals surface area contributed by atoms with E-state index in [1.165, 1.54) is 24.0 Å². The summed E-state index contributed by atoms with van der Waals surface area (Å²) in [4.78, 5) is 47.9. The summed E-state index contributed by atoms with van der Waals surface area (Å²) in [5, 5.41) is 3.14. The Morgan fingerprint density at radius 3 is 2.59 bits per heavy atom. The molecule has 12 heteroatoms. The highest BCUT2D eigenvalue weighted by molar-refractivity contribution is 14.1. The van der Waals surface area contributed by atoms with Crippen molar-refractivity contribution in [3.05, 3.63) is 94.5 Å². The molecule has 2 aromatic rings. The molecule has 2 aliphatic rings. The number of amides is 3. The van der Waals surface area contributed by atoms with E-state index in [0.717, 1.165) is 17.1 Å². The maximum atomic E-state index is 14.7. The number of allylic oxidation sites excluding steroid dienone is 5. The third kappa shape index (κ3) is 7.15. The first-order valence-electron chi connectivity index (χ1n) is 12.8. The second-order valence-electron chi connectivity index (χ2n) is 9.81. The second-order valence-corrected chi connectivity index (χ2v) is 12.5. The number of pyridine rings is 1. The molecule has 0 radical (unpaired) electrons. The van der Waals surface area contributed by atoms with E-state index < -0.39 is 39.4 Å². The number of aromatic nitrogens is 1. The summed E-state index contributed by atoms with van der Waals surface area (Å²) in [6.07, 6.45) is 3.81. The predicted molar refractivity (Wildman–Crippen MR) is 163 cm³/mol. The molecule has 216 valence electrons. The van der Waals surface area contributed by atoms with E-state index in [0.29, 0.717) is 0 Å². The molecule has 4 rings (SSSR count). The molecule has 7 nitrogen and oxygen atoms in total. The van der Waals surface area contributed by atoms with E-state index in [-0.39, 0.29) is 58.8 Å². The number of anilines is 1. The first-order valence-corrected chi connectivity index (χ1v) is 14.6. The lowest BCUT2D eigenvalue weighted by molar-refractivity contribution is -0.140. The highest BCUT2D eigenvalue weighted by Crippen LogP contribution is 2.43. The van der Waals surface area contributed by atoms with Crippen LogP contribution < -0.4 is 10.2 Å². The number of nitrogens with one attached hydrogen (secondary N) is 1. The minimum atomic E-state index is -1.44. The highest BCUT2D eigenvalue weighted by atomic mass is 127. The van der Waals surface area contributed by atoms with Gasteiger partial charge in [-0.25, -0.2) is 13.8 Å². The Morgan fingerprint density at radius 1 is 1.24 bits per heavy atom. The third-order valence-electron chi connectivity index (χ3n) is 6.83. The Balaban J connectivity index is 1.82. The summed E-state index contributed by atoms with van der Waals surface area (Å²) in [6, 6.07) is 8.28. The summed E-state index contributed by atoms with van der Waals surface area (Å²) in [7, 11) is 0. The zero-order chi connectivity index (χ0) is 29.9. The van der Waals surface area contributed by atoms with Gasteiger partial charge in [0.1, 0.15) is 28.9 Å². The van der Waals surface area contributed by atoms with Gasteiger partial charge in [-0.05, 0) is 66.3 Å². The summed E-state index contributed by atoms with van der Waals surface area (Å²) >= 11 is 14.3. The van der Waals surface area contributed by atoms with Crippen LogP contribution in [-0.2, 0) is 14.4 Å². The molecule has 2 heterocycles. The Morgan fingerprint density at radius 2 is 1.95 bits per heavy atom. The number of nitrogens with zero attached hydrogens (tertiary/aromatic N) is 3. The molecule has 1 aromatic carbocycles. The van der Waals surface area contributed by atoms with Crippen LogP contribution >= 0.6 is 45.8 Å². The van der Waals surface area contributed by atoms with Crippen LogP contribution in [0, 0.1) is 0 Å². The van der Waals surface area contributed by atoms with Crippen molar-refractivity contribution in [1.29, 1.82) is 0 Å². The van der Waals surface area contributed by atoms with Crippen LogP contribution in [0.5, 0.6) is 0 Å². The van der Waals surface area contributed by atoms with Crippen molar-refractivity contribution >= 4 is 69.3 Å². The molecule has 0 bridgehead atoms. The van der Waals surface area contributed by atoms with Gasteiger partial charge in [-0.2, -0.15) is 0 Å². The fourth-order valence-electron chi connectivity index (χ4n) is 4.97. The molecule has 1 aliphatic heterocycles. The average Bonchev–Trinajstić information content (AvgIpc) is 3.27. The van der Waals surface area contributed by atoms with Gasteiger partial charge in [0.15, 0.2) is 3.68 Å². The number of hydrogen-bond acceptors (Lipinski definition) is 4. The zero-order valence-electron chi connectivity index (χ0n) is 22.0. The molecule has 1 saturated carbocycles. The van der Waals surface area contributed by atoms with E-state index in [9.17, 15) is 23.2 Å². The van der Waals surface area contributed by atoms with E-state index in [1.54, 1.807) is 59.0 Å². The number of hydrogen-bond donors (Lipinski definition) is 1. The molecule has 1 aromatic heterocycles. The Hall–Kier alpha value is -2.83. The molecule has 1 saturated heterocycles. The van der Waals surface area contributed by atoms with Crippen LogP contribution in [0.4, 0.5) is 14.6 Å². The van der Waals surface area contributed by atoms with Crippen LogP contribution in [0.3, 0.4) is 0 Å². The maximum absolute atomic E-state index is 14.7. The topological polar surface area (TPSA) is 82.6 Å². The number of halogens is 5. The lowest BCUT2D eigenvalue weighted by atomic mass is 9.90. The smallest absolute Gasteiger partial charge is 0.250 e. The van der Waals surface area contributed by atoms with E-state index in [2.05, 4.69) is 16.9 Å². The maximum Gasteiger partial charge on any atom is 0.250 e. The molecule has 1 aliphatic carbocycles. The summed E-state index contributed by atoms with van der Waals surface area (Å²) in [6.45, 7) is 4.97. The monoisotopic (exact) mass is 714 g/mol. The standard InChI is InChI=1S/C29H27Cl2F2IN4O3/c1-3-7-18(32)14-17(2)37(28(41)22-12-13-25(39)38(22)24-11-6-10-23(31)36-24)26(20-8-4-5-9-21(20)30)27(40)35-19-15-29(33,34)16-19/h3-11,14,19,22,26H,1,12-13,15-16H2,2H3,(H,35,40)/b17-14+,18-7+/t19?,22-,26-,29?/m0/s1. The van der Waals surface area contributed by atoms with Crippen LogP contribution in [-0.4, -0.2) is 43.4 Å². The van der Waals surface area contributed by atoms with Crippen molar-refractivity contribution in [3.8, 4) is 0 Å². The molecule has 41 heavy (non-hydrogen) atoms. The van der Waals surface area contributed by atoms with Crippen molar-refractivity contribution in [2.24, 2.45) is 0 Å². The largest absolute Gasteiger partial charge is 0.351 e. The van der Waals surface area contributed by atoms with Gasteiger partial charge in [0.2, 0.25) is 11.8 Å². The molecule has 2 fully saturated rings. The molecule has 1 N–H and O–H groups in total. The fourth-order valence-corrected chi connectivity index (χ4v) is 6.43. The number of carbonyl (C=O) groups excluding carboxylic acids is 3. The quantitative estimate of drug-likeness (QED) is 0.135. The second kappa shape index (κ2) is 13.0. The summed E-state index contributed by atoms with van der Waals surface area (Å²) in [5.74, 6) is -2.17. The number of rotatable bonds is 9. The normalized spacial score (nSPS) is 23.6. The lowest BCUT2D eigenvalue weighted by Crippen LogP contribution is -2.55. The van der Waals surface area contributed by atoms with Gasteiger partial charge in [-0.3, -0.25) is 24.2 Å². The Bertz CT molecular complexity index is 1430. The van der Waals surface area contributed by atoms with Crippen LogP contribution in [0.15, 0.2) is 78.8 Å². The number of carbonyl (C=O) groups is 3. The predicted octanol–water partition coefficient (Wildman–Crippen LogP) is 6.78.